The minimum atomic E-state index is 0.0567. The first-order chi connectivity index (χ1) is 3.79. The van der Waals surface area contributed by atoms with Gasteiger partial charge < -0.3 is 5.11 Å². The van der Waals surface area contributed by atoms with Gasteiger partial charge in [0.25, 0.3) is 0 Å². The van der Waals surface area contributed by atoms with Gasteiger partial charge in [0.2, 0.25) is 0 Å². The van der Waals surface area contributed by atoms with Gasteiger partial charge in [0.05, 0.1) is 6.10 Å². The first kappa shape index (κ1) is 4.80. The van der Waals surface area contributed by atoms with Gasteiger partial charge in [-0.1, -0.05) is 6.92 Å². The zero-order valence-electron chi connectivity index (χ0n) is 5.17. The van der Waals surface area contributed by atoms with Crippen molar-refractivity contribution in [2.24, 2.45) is 17.8 Å². The van der Waals surface area contributed by atoms with Gasteiger partial charge in [0.15, 0.2) is 0 Å². The molecule has 0 aromatic carbocycles. The Bertz CT molecular complexity index is 99.0. The monoisotopic (exact) mass is 112 g/mol. The molecule has 46 valence electrons. The predicted molar refractivity (Wildman–Crippen MR) is 31.4 cm³/mol. The molecule has 2 aliphatic rings. The molecule has 1 nitrogen and oxygen atoms in total. The maximum absolute atomic E-state index is 9.05. The van der Waals surface area contributed by atoms with E-state index in [2.05, 4.69) is 6.92 Å². The molecule has 0 amide bonds. The van der Waals surface area contributed by atoms with Crippen molar-refractivity contribution >= 4 is 0 Å². The molecule has 0 saturated heterocycles. The van der Waals surface area contributed by atoms with Crippen LogP contribution >= 0.6 is 0 Å². The van der Waals surface area contributed by atoms with Gasteiger partial charge in [0.1, 0.15) is 0 Å². The third kappa shape index (κ3) is 0.455. The predicted octanol–water partition coefficient (Wildman–Crippen LogP) is 1.02. The SMILES string of the molecule is CC1C2CC(O)CC12. The molecule has 2 rings (SSSR count). The van der Waals surface area contributed by atoms with E-state index in [9.17, 15) is 0 Å². The molecule has 0 aromatic heterocycles. The van der Waals surface area contributed by atoms with Crippen LogP contribution in [0.4, 0.5) is 0 Å². The van der Waals surface area contributed by atoms with Crippen molar-refractivity contribution in [2.75, 3.05) is 0 Å². The molecule has 2 fully saturated rings. The summed E-state index contributed by atoms with van der Waals surface area (Å²) in [6.45, 7) is 2.29. The van der Waals surface area contributed by atoms with Crippen LogP contribution in [0.5, 0.6) is 0 Å². The van der Waals surface area contributed by atoms with E-state index in [0.717, 1.165) is 30.6 Å². The topological polar surface area (TPSA) is 20.2 Å². The fraction of sp³-hybridized carbons (Fsp3) is 1.00. The van der Waals surface area contributed by atoms with E-state index in [0.29, 0.717) is 0 Å². The fourth-order valence-corrected chi connectivity index (χ4v) is 2.14. The number of aliphatic hydroxyl groups is 1. The molecule has 1 heteroatoms. The Morgan fingerprint density at radius 1 is 1.25 bits per heavy atom. The smallest absolute Gasteiger partial charge is 0.0546 e. The second-order valence-corrected chi connectivity index (χ2v) is 3.31. The third-order valence-electron chi connectivity index (χ3n) is 2.85. The van der Waals surface area contributed by atoms with Gasteiger partial charge in [-0.25, -0.2) is 0 Å². The van der Waals surface area contributed by atoms with Gasteiger partial charge in [-0.05, 0) is 30.6 Å². The fourth-order valence-electron chi connectivity index (χ4n) is 2.14. The van der Waals surface area contributed by atoms with E-state index >= 15 is 0 Å². The van der Waals surface area contributed by atoms with Gasteiger partial charge in [-0.3, -0.25) is 0 Å². The second-order valence-electron chi connectivity index (χ2n) is 3.31. The lowest BCUT2D eigenvalue weighted by Gasteiger charge is -2.02. The zero-order valence-corrected chi connectivity index (χ0v) is 5.17. The Morgan fingerprint density at radius 3 is 2.12 bits per heavy atom. The lowest BCUT2D eigenvalue weighted by atomic mass is 10.1. The molecule has 2 saturated carbocycles. The minimum Gasteiger partial charge on any atom is -0.393 e. The van der Waals surface area contributed by atoms with E-state index < -0.39 is 0 Å². The molecule has 0 heterocycles. The summed E-state index contributed by atoms with van der Waals surface area (Å²) in [6.07, 6.45) is 2.23. The van der Waals surface area contributed by atoms with Crippen molar-refractivity contribution in [2.45, 2.75) is 25.9 Å². The maximum atomic E-state index is 9.05. The molecule has 0 spiro atoms. The van der Waals surface area contributed by atoms with Gasteiger partial charge in [-0.15, -0.1) is 0 Å². The summed E-state index contributed by atoms with van der Waals surface area (Å²) in [6, 6.07) is 0. The first-order valence-electron chi connectivity index (χ1n) is 3.47. The zero-order chi connectivity index (χ0) is 5.72. The van der Waals surface area contributed by atoms with Crippen LogP contribution in [0, 0.1) is 17.8 Å². The first-order valence-corrected chi connectivity index (χ1v) is 3.47. The Hall–Kier alpha value is -0.0400. The lowest BCUT2D eigenvalue weighted by Crippen LogP contribution is -2.03. The Kier molecular flexibility index (Phi) is 0.762. The molecule has 2 aliphatic carbocycles. The summed E-state index contributed by atoms with van der Waals surface area (Å²) >= 11 is 0. The second kappa shape index (κ2) is 1.27. The van der Waals surface area contributed by atoms with Crippen LogP contribution in [0.3, 0.4) is 0 Å². The quantitative estimate of drug-likeness (QED) is 0.496. The Balaban J connectivity index is 2.00. The molecular formula is C7H12O. The highest BCUT2D eigenvalue weighted by molar-refractivity contribution is 5.01. The highest BCUT2D eigenvalue weighted by Crippen LogP contribution is 2.56. The van der Waals surface area contributed by atoms with Gasteiger partial charge >= 0.3 is 0 Å². The van der Waals surface area contributed by atoms with Crippen LogP contribution in [0.25, 0.3) is 0 Å². The normalized spacial score (nSPS) is 60.8. The van der Waals surface area contributed by atoms with Crippen LogP contribution in [0.2, 0.25) is 0 Å². The van der Waals surface area contributed by atoms with Crippen molar-refractivity contribution < 1.29 is 5.11 Å². The summed E-state index contributed by atoms with van der Waals surface area (Å²) < 4.78 is 0. The highest BCUT2D eigenvalue weighted by Gasteiger charge is 2.52. The van der Waals surface area contributed by atoms with Crippen molar-refractivity contribution in [1.29, 1.82) is 0 Å². The van der Waals surface area contributed by atoms with E-state index in [-0.39, 0.29) is 6.10 Å². The summed E-state index contributed by atoms with van der Waals surface area (Å²) in [4.78, 5) is 0. The number of hydrogen-bond acceptors (Lipinski definition) is 1. The minimum absolute atomic E-state index is 0.0567. The summed E-state index contributed by atoms with van der Waals surface area (Å²) in [5.74, 6) is 2.76. The molecule has 0 radical (unpaired) electrons. The molecule has 2 unspecified atom stereocenters. The van der Waals surface area contributed by atoms with Crippen LogP contribution < -0.4 is 0 Å². The molecule has 1 N–H and O–H groups in total. The molecule has 0 aromatic rings. The summed E-state index contributed by atoms with van der Waals surface area (Å²) in [7, 11) is 0. The van der Waals surface area contributed by atoms with Crippen molar-refractivity contribution in [1.82, 2.24) is 0 Å². The van der Waals surface area contributed by atoms with E-state index in [1.165, 1.54) is 0 Å². The molecule has 0 aliphatic heterocycles. The average molecular weight is 112 g/mol. The third-order valence-corrected chi connectivity index (χ3v) is 2.85. The Morgan fingerprint density at radius 2 is 1.75 bits per heavy atom. The highest BCUT2D eigenvalue weighted by atomic mass is 16.3. The maximum Gasteiger partial charge on any atom is 0.0546 e. The van der Waals surface area contributed by atoms with E-state index in [4.69, 9.17) is 5.11 Å². The van der Waals surface area contributed by atoms with Gasteiger partial charge in [0, 0.05) is 0 Å². The van der Waals surface area contributed by atoms with Crippen LogP contribution in [-0.4, -0.2) is 11.2 Å². The number of rotatable bonds is 0. The van der Waals surface area contributed by atoms with E-state index in [1.807, 2.05) is 0 Å². The van der Waals surface area contributed by atoms with Crippen LogP contribution in [0.1, 0.15) is 19.8 Å². The molecule has 2 atom stereocenters. The van der Waals surface area contributed by atoms with Gasteiger partial charge in [-0.2, -0.15) is 0 Å². The Labute approximate surface area is 49.7 Å². The average Bonchev–Trinajstić information content (AvgIpc) is 2.29. The standard InChI is InChI=1S/C7H12O/c1-4-6-2-5(8)3-7(4)6/h4-8H,2-3H2,1H3. The van der Waals surface area contributed by atoms with Crippen molar-refractivity contribution in [3.05, 3.63) is 0 Å². The van der Waals surface area contributed by atoms with Crippen molar-refractivity contribution in [3.8, 4) is 0 Å². The number of hydrogen-bond donors (Lipinski definition) is 1. The molecule has 0 bridgehead atoms. The lowest BCUT2D eigenvalue weighted by molar-refractivity contribution is 0.162. The van der Waals surface area contributed by atoms with Crippen LogP contribution in [0.15, 0.2) is 0 Å². The molecular weight excluding hydrogens is 100 g/mol. The van der Waals surface area contributed by atoms with Crippen molar-refractivity contribution in [3.63, 3.8) is 0 Å². The number of aliphatic hydroxyl groups excluding tert-OH is 1. The molecule has 8 heavy (non-hydrogen) atoms. The summed E-state index contributed by atoms with van der Waals surface area (Å²) in [5.41, 5.74) is 0. The largest absolute Gasteiger partial charge is 0.393 e. The number of fused-ring (bicyclic) bond motifs is 1. The van der Waals surface area contributed by atoms with E-state index in [1.54, 1.807) is 0 Å². The van der Waals surface area contributed by atoms with Crippen LogP contribution in [-0.2, 0) is 0 Å². The summed E-state index contributed by atoms with van der Waals surface area (Å²) in [5, 5.41) is 9.05.